The van der Waals surface area contributed by atoms with Crippen LogP contribution < -0.4 is 0 Å². The molecule has 1 N–H and O–H groups in total. The van der Waals surface area contributed by atoms with E-state index in [0.717, 1.165) is 12.8 Å². The molecule has 0 amide bonds. The highest BCUT2D eigenvalue weighted by Gasteiger charge is 1.99. The summed E-state index contributed by atoms with van der Waals surface area (Å²) in [6, 6.07) is 0. The van der Waals surface area contributed by atoms with Crippen molar-refractivity contribution in [3.05, 3.63) is 11.4 Å². The molecule has 0 spiro atoms. The molecule has 1 atom stereocenters. The van der Waals surface area contributed by atoms with Gasteiger partial charge in [0.25, 0.3) is 0 Å². The van der Waals surface area contributed by atoms with Gasteiger partial charge in [-0.15, -0.1) is 0 Å². The van der Waals surface area contributed by atoms with Crippen LogP contribution in [0.25, 0.3) is 0 Å². The maximum absolute atomic E-state index is 11.9. The molecule has 0 radical (unpaired) electrons. The van der Waals surface area contributed by atoms with Crippen molar-refractivity contribution >= 4 is 11.6 Å². The standard InChI is InChI=1S/C8H14ClFO/c1-7(5-6-11)3-2-4-8(9)10/h4,7,11H,2-3,5-6H2,1H3/b8-4-/t7-/m0/s1. The fourth-order valence-electron chi connectivity index (χ4n) is 0.842. The second-order valence-corrected chi connectivity index (χ2v) is 3.05. The molecule has 0 fully saturated rings. The first-order valence-electron chi connectivity index (χ1n) is 3.78. The van der Waals surface area contributed by atoms with Crippen LogP contribution in [0.4, 0.5) is 4.39 Å². The summed E-state index contributed by atoms with van der Waals surface area (Å²) in [5.74, 6) is 0.437. The summed E-state index contributed by atoms with van der Waals surface area (Å²) in [4.78, 5) is 0. The number of halogens is 2. The highest BCUT2D eigenvalue weighted by molar-refractivity contribution is 6.28. The molecule has 0 bridgehead atoms. The molecular formula is C8H14ClFO. The fraction of sp³-hybridized carbons (Fsp3) is 0.750. The molecule has 0 aromatic heterocycles. The lowest BCUT2D eigenvalue weighted by Gasteiger charge is -2.05. The minimum atomic E-state index is -0.638. The zero-order valence-electron chi connectivity index (χ0n) is 6.69. The Morgan fingerprint density at radius 3 is 2.73 bits per heavy atom. The third kappa shape index (κ3) is 7.82. The van der Waals surface area contributed by atoms with Gasteiger partial charge >= 0.3 is 0 Å². The normalized spacial score (nSPS) is 15.1. The lowest BCUT2D eigenvalue weighted by molar-refractivity contribution is 0.259. The largest absolute Gasteiger partial charge is 0.396 e. The lowest BCUT2D eigenvalue weighted by atomic mass is 10.0. The summed E-state index contributed by atoms with van der Waals surface area (Å²) in [7, 11) is 0. The van der Waals surface area contributed by atoms with E-state index >= 15 is 0 Å². The van der Waals surface area contributed by atoms with Crippen molar-refractivity contribution in [2.45, 2.75) is 26.2 Å². The molecule has 0 aliphatic rings. The van der Waals surface area contributed by atoms with Gasteiger partial charge < -0.3 is 5.11 Å². The average Bonchev–Trinajstić information content (AvgIpc) is 1.87. The molecule has 1 nitrogen and oxygen atoms in total. The smallest absolute Gasteiger partial charge is 0.185 e. The first-order chi connectivity index (χ1) is 5.16. The monoisotopic (exact) mass is 180 g/mol. The van der Waals surface area contributed by atoms with Gasteiger partial charge in [-0.1, -0.05) is 18.5 Å². The predicted octanol–water partition coefficient (Wildman–Crippen LogP) is 2.83. The van der Waals surface area contributed by atoms with E-state index in [0.29, 0.717) is 12.3 Å². The zero-order valence-corrected chi connectivity index (χ0v) is 7.44. The van der Waals surface area contributed by atoms with E-state index in [-0.39, 0.29) is 6.61 Å². The van der Waals surface area contributed by atoms with Crippen molar-refractivity contribution in [3.8, 4) is 0 Å². The van der Waals surface area contributed by atoms with Crippen LogP contribution >= 0.6 is 11.6 Å². The van der Waals surface area contributed by atoms with Gasteiger partial charge in [-0.25, -0.2) is 0 Å². The number of allylic oxidation sites excluding steroid dienone is 1. The Labute approximate surface area is 71.9 Å². The molecular weight excluding hydrogens is 167 g/mol. The quantitative estimate of drug-likeness (QED) is 0.690. The van der Waals surface area contributed by atoms with Gasteiger partial charge in [0.1, 0.15) is 0 Å². The van der Waals surface area contributed by atoms with Gasteiger partial charge in [0.05, 0.1) is 0 Å². The Morgan fingerprint density at radius 1 is 1.64 bits per heavy atom. The van der Waals surface area contributed by atoms with E-state index in [1.807, 2.05) is 6.92 Å². The maximum atomic E-state index is 11.9. The van der Waals surface area contributed by atoms with Crippen molar-refractivity contribution < 1.29 is 9.50 Å². The minimum Gasteiger partial charge on any atom is -0.396 e. The molecule has 0 heterocycles. The number of hydrogen-bond donors (Lipinski definition) is 1. The van der Waals surface area contributed by atoms with Crippen LogP contribution in [0, 0.1) is 5.92 Å². The second-order valence-electron chi connectivity index (χ2n) is 2.69. The Kier molecular flexibility index (Phi) is 6.57. The number of aliphatic hydroxyl groups excluding tert-OH is 1. The lowest BCUT2D eigenvalue weighted by Crippen LogP contribution is -1.96. The third-order valence-electron chi connectivity index (χ3n) is 1.58. The van der Waals surface area contributed by atoms with Gasteiger partial charge in [0.2, 0.25) is 0 Å². The molecule has 66 valence electrons. The van der Waals surface area contributed by atoms with E-state index in [1.165, 1.54) is 6.08 Å². The topological polar surface area (TPSA) is 20.2 Å². The Balaban J connectivity index is 3.31. The SMILES string of the molecule is C[C@H](CCO)CC/C=C(\F)Cl. The fourth-order valence-corrected chi connectivity index (χ4v) is 0.951. The van der Waals surface area contributed by atoms with E-state index in [1.54, 1.807) is 0 Å². The van der Waals surface area contributed by atoms with E-state index in [2.05, 4.69) is 0 Å². The van der Waals surface area contributed by atoms with Crippen LogP contribution in [0.1, 0.15) is 26.2 Å². The first-order valence-corrected chi connectivity index (χ1v) is 4.16. The molecule has 3 heteroatoms. The molecule has 0 unspecified atom stereocenters. The summed E-state index contributed by atoms with van der Waals surface area (Å²) < 4.78 is 11.9. The molecule has 0 rings (SSSR count). The Morgan fingerprint density at radius 2 is 2.27 bits per heavy atom. The van der Waals surface area contributed by atoms with E-state index in [9.17, 15) is 4.39 Å². The number of aliphatic hydroxyl groups is 1. The van der Waals surface area contributed by atoms with Gasteiger partial charge in [-0.3, -0.25) is 0 Å². The maximum Gasteiger partial charge on any atom is 0.185 e. The van der Waals surface area contributed by atoms with E-state index in [4.69, 9.17) is 16.7 Å². The van der Waals surface area contributed by atoms with Crippen molar-refractivity contribution in [3.63, 3.8) is 0 Å². The molecule has 0 aromatic rings. The molecule has 0 aromatic carbocycles. The average molecular weight is 181 g/mol. The van der Waals surface area contributed by atoms with Crippen LogP contribution in [0.15, 0.2) is 11.4 Å². The Hall–Kier alpha value is -0.0800. The van der Waals surface area contributed by atoms with Crippen LogP contribution in [-0.2, 0) is 0 Å². The zero-order chi connectivity index (χ0) is 8.69. The second kappa shape index (κ2) is 6.62. The Bertz CT molecular complexity index is 121. The first kappa shape index (κ1) is 10.9. The van der Waals surface area contributed by atoms with Crippen LogP contribution in [0.3, 0.4) is 0 Å². The molecule has 11 heavy (non-hydrogen) atoms. The molecule has 0 aliphatic carbocycles. The summed E-state index contributed by atoms with van der Waals surface area (Å²) in [5.41, 5.74) is 0. The van der Waals surface area contributed by atoms with Gasteiger partial charge in [-0.05, 0) is 31.3 Å². The van der Waals surface area contributed by atoms with Crippen LogP contribution in [0.2, 0.25) is 0 Å². The number of rotatable bonds is 5. The van der Waals surface area contributed by atoms with E-state index < -0.39 is 5.29 Å². The van der Waals surface area contributed by atoms with Crippen molar-refractivity contribution in [2.24, 2.45) is 5.92 Å². The van der Waals surface area contributed by atoms with Gasteiger partial charge in [-0.2, -0.15) is 4.39 Å². The minimum absolute atomic E-state index is 0.203. The van der Waals surface area contributed by atoms with Crippen LogP contribution in [-0.4, -0.2) is 11.7 Å². The van der Waals surface area contributed by atoms with Crippen molar-refractivity contribution in [1.82, 2.24) is 0 Å². The highest BCUT2D eigenvalue weighted by Crippen LogP contribution is 2.12. The van der Waals surface area contributed by atoms with Crippen molar-refractivity contribution in [1.29, 1.82) is 0 Å². The summed E-state index contributed by atoms with van der Waals surface area (Å²) in [6.45, 7) is 2.23. The van der Waals surface area contributed by atoms with Gasteiger partial charge in [0, 0.05) is 6.61 Å². The van der Waals surface area contributed by atoms with Gasteiger partial charge in [0.15, 0.2) is 5.29 Å². The molecule has 0 aliphatic heterocycles. The summed E-state index contributed by atoms with van der Waals surface area (Å²) in [5, 5.41) is 7.89. The molecule has 0 saturated heterocycles. The predicted molar refractivity (Wildman–Crippen MR) is 45.1 cm³/mol. The summed E-state index contributed by atoms with van der Waals surface area (Å²) >= 11 is 4.98. The highest BCUT2D eigenvalue weighted by atomic mass is 35.5. The number of hydrogen-bond acceptors (Lipinski definition) is 1. The third-order valence-corrected chi connectivity index (χ3v) is 1.73. The molecule has 0 saturated carbocycles. The van der Waals surface area contributed by atoms with Crippen LogP contribution in [0.5, 0.6) is 0 Å². The van der Waals surface area contributed by atoms with Crippen molar-refractivity contribution in [2.75, 3.05) is 6.61 Å². The summed E-state index contributed by atoms with van der Waals surface area (Å²) in [6.07, 6.45) is 3.66.